The van der Waals surface area contributed by atoms with Crippen LogP contribution in [-0.2, 0) is 23.0 Å². The van der Waals surface area contributed by atoms with E-state index in [0.717, 1.165) is 11.1 Å². The molecule has 0 spiro atoms. The van der Waals surface area contributed by atoms with Gasteiger partial charge in [-0.1, -0.05) is 54.6 Å². The van der Waals surface area contributed by atoms with Gasteiger partial charge in [0.25, 0.3) is 15.9 Å². The Balaban J connectivity index is 1.35. The number of hydrogen-bond acceptors (Lipinski definition) is 5. The lowest BCUT2D eigenvalue weighted by Crippen LogP contribution is -2.35. The molecule has 0 fully saturated rings. The predicted octanol–water partition coefficient (Wildman–Crippen LogP) is 3.72. The van der Waals surface area contributed by atoms with Crippen molar-refractivity contribution in [2.45, 2.75) is 30.8 Å². The summed E-state index contributed by atoms with van der Waals surface area (Å²) in [6, 6.07) is 23.1. The van der Waals surface area contributed by atoms with Crippen molar-refractivity contribution in [1.82, 2.24) is 14.8 Å². The van der Waals surface area contributed by atoms with Crippen LogP contribution in [0.4, 0.5) is 11.6 Å². The summed E-state index contributed by atoms with van der Waals surface area (Å²) in [4.78, 5) is 17.0. The van der Waals surface area contributed by atoms with Crippen LogP contribution in [0.1, 0.15) is 28.4 Å². The van der Waals surface area contributed by atoms with Crippen LogP contribution in [0.25, 0.3) is 0 Å². The lowest BCUT2D eigenvalue weighted by molar-refractivity contribution is 0.102. The van der Waals surface area contributed by atoms with Gasteiger partial charge in [0.15, 0.2) is 0 Å². The van der Waals surface area contributed by atoms with E-state index in [-0.39, 0.29) is 22.4 Å². The second-order valence-corrected chi connectivity index (χ2v) is 10.0. The van der Waals surface area contributed by atoms with Crippen LogP contribution < -0.4 is 9.62 Å². The standard InChI is InChI=1S/C25H23N5O3S/c1-18-14-20-10-5-6-13-23(20)30(18)34(32,33)22-12-7-11-21(15-22)24(31)27-25-26-17-29(28-25)16-19-8-3-2-4-9-19/h2-13,15,17-18H,14,16H2,1H3,(H,27,28,31). The van der Waals surface area contributed by atoms with Gasteiger partial charge in [0.2, 0.25) is 5.95 Å². The number of nitrogens with zero attached hydrogens (tertiary/aromatic N) is 4. The number of para-hydroxylation sites is 1. The van der Waals surface area contributed by atoms with Crippen LogP contribution in [0.5, 0.6) is 0 Å². The van der Waals surface area contributed by atoms with Gasteiger partial charge in [-0.3, -0.25) is 14.4 Å². The third kappa shape index (κ3) is 4.17. The van der Waals surface area contributed by atoms with Crippen LogP contribution in [-0.4, -0.2) is 35.1 Å². The fraction of sp³-hybridized carbons (Fsp3) is 0.160. The Labute approximate surface area is 197 Å². The number of benzene rings is 3. The fourth-order valence-corrected chi connectivity index (χ4v) is 5.93. The Kier molecular flexibility index (Phi) is 5.62. The molecule has 0 bridgehead atoms. The summed E-state index contributed by atoms with van der Waals surface area (Å²) >= 11 is 0. The van der Waals surface area contributed by atoms with Crippen molar-refractivity contribution in [2.24, 2.45) is 0 Å². The average Bonchev–Trinajstić information content (AvgIpc) is 3.42. The molecule has 1 amide bonds. The number of amides is 1. The van der Waals surface area contributed by atoms with Gasteiger partial charge in [-0.15, -0.1) is 5.10 Å². The Hall–Kier alpha value is -3.98. The molecule has 4 aromatic rings. The van der Waals surface area contributed by atoms with E-state index in [9.17, 15) is 13.2 Å². The quantitative estimate of drug-likeness (QED) is 0.460. The summed E-state index contributed by atoms with van der Waals surface area (Å²) in [5, 5.41) is 6.93. The van der Waals surface area contributed by atoms with Crippen LogP contribution in [0, 0.1) is 0 Å². The van der Waals surface area contributed by atoms with Crippen molar-refractivity contribution < 1.29 is 13.2 Å². The SMILES string of the molecule is CC1Cc2ccccc2N1S(=O)(=O)c1cccc(C(=O)Nc2ncn(Cc3ccccc3)n2)c1. The monoisotopic (exact) mass is 473 g/mol. The van der Waals surface area contributed by atoms with Crippen LogP contribution in [0.15, 0.2) is 90.1 Å². The molecule has 5 rings (SSSR count). The van der Waals surface area contributed by atoms with Crippen molar-refractivity contribution in [1.29, 1.82) is 0 Å². The van der Waals surface area contributed by atoms with E-state index < -0.39 is 15.9 Å². The van der Waals surface area contributed by atoms with Crippen molar-refractivity contribution in [3.8, 4) is 0 Å². The third-order valence-corrected chi connectivity index (χ3v) is 7.67. The number of aromatic nitrogens is 3. The minimum atomic E-state index is -3.84. The van der Waals surface area contributed by atoms with E-state index in [4.69, 9.17) is 0 Å². The normalized spacial score (nSPS) is 15.2. The first-order valence-corrected chi connectivity index (χ1v) is 12.3. The second-order valence-electron chi connectivity index (χ2n) is 8.22. The zero-order valence-electron chi connectivity index (χ0n) is 18.5. The van der Waals surface area contributed by atoms with Gasteiger partial charge >= 0.3 is 0 Å². The lowest BCUT2D eigenvalue weighted by atomic mass is 10.1. The summed E-state index contributed by atoms with van der Waals surface area (Å²) in [5.41, 5.74) is 2.93. The van der Waals surface area contributed by atoms with Crippen molar-refractivity contribution >= 4 is 27.6 Å². The summed E-state index contributed by atoms with van der Waals surface area (Å²) in [6.45, 7) is 2.40. The number of fused-ring (bicyclic) bond motifs is 1. The van der Waals surface area contributed by atoms with E-state index in [2.05, 4.69) is 15.4 Å². The van der Waals surface area contributed by atoms with Gasteiger partial charge in [-0.2, -0.15) is 0 Å². The van der Waals surface area contributed by atoms with Gasteiger partial charge in [-0.25, -0.2) is 18.1 Å². The number of carbonyl (C=O) groups is 1. The molecule has 0 aliphatic carbocycles. The number of nitrogens with one attached hydrogen (secondary N) is 1. The zero-order valence-corrected chi connectivity index (χ0v) is 19.3. The minimum absolute atomic E-state index is 0.0614. The molecule has 1 unspecified atom stereocenters. The molecule has 9 heteroatoms. The number of hydrogen-bond donors (Lipinski definition) is 1. The maximum atomic E-state index is 13.5. The summed E-state index contributed by atoms with van der Waals surface area (Å²) in [5.74, 6) is -0.333. The van der Waals surface area contributed by atoms with E-state index in [1.54, 1.807) is 16.8 Å². The lowest BCUT2D eigenvalue weighted by Gasteiger charge is -2.24. The fourth-order valence-electron chi connectivity index (χ4n) is 4.19. The Morgan fingerprint density at radius 2 is 1.79 bits per heavy atom. The molecule has 0 saturated carbocycles. The molecule has 0 saturated heterocycles. The van der Waals surface area contributed by atoms with E-state index in [1.807, 2.05) is 61.5 Å². The first-order chi connectivity index (χ1) is 16.4. The number of carbonyl (C=O) groups excluding carboxylic acids is 1. The van der Waals surface area contributed by atoms with E-state index >= 15 is 0 Å². The Bertz CT molecular complexity index is 1450. The molecule has 34 heavy (non-hydrogen) atoms. The molecule has 3 aromatic carbocycles. The maximum absolute atomic E-state index is 13.5. The van der Waals surface area contributed by atoms with Crippen LogP contribution in [0.3, 0.4) is 0 Å². The molecule has 172 valence electrons. The highest BCUT2D eigenvalue weighted by Gasteiger charge is 2.36. The highest BCUT2D eigenvalue weighted by molar-refractivity contribution is 7.92. The van der Waals surface area contributed by atoms with Crippen LogP contribution in [0.2, 0.25) is 0 Å². The number of sulfonamides is 1. The second kappa shape index (κ2) is 8.75. The molecule has 0 radical (unpaired) electrons. The molecule has 1 atom stereocenters. The molecule has 1 aromatic heterocycles. The van der Waals surface area contributed by atoms with Gasteiger partial charge in [-0.05, 0) is 48.7 Å². The zero-order chi connectivity index (χ0) is 23.7. The molecular weight excluding hydrogens is 450 g/mol. The number of anilines is 2. The topological polar surface area (TPSA) is 97.2 Å². The van der Waals surface area contributed by atoms with Crippen LogP contribution >= 0.6 is 0 Å². The molecular formula is C25H23N5O3S. The van der Waals surface area contributed by atoms with E-state index in [1.165, 1.54) is 22.8 Å². The summed E-state index contributed by atoms with van der Waals surface area (Å²) in [6.07, 6.45) is 2.18. The average molecular weight is 474 g/mol. The highest BCUT2D eigenvalue weighted by Crippen LogP contribution is 2.36. The predicted molar refractivity (Wildman–Crippen MR) is 129 cm³/mol. The molecule has 8 nitrogen and oxygen atoms in total. The van der Waals surface area contributed by atoms with Gasteiger partial charge < -0.3 is 0 Å². The molecule has 1 aliphatic heterocycles. The highest BCUT2D eigenvalue weighted by atomic mass is 32.2. The smallest absolute Gasteiger partial charge is 0.264 e. The maximum Gasteiger partial charge on any atom is 0.264 e. The minimum Gasteiger partial charge on any atom is -0.289 e. The largest absolute Gasteiger partial charge is 0.289 e. The molecule has 2 heterocycles. The summed E-state index contributed by atoms with van der Waals surface area (Å²) in [7, 11) is -3.84. The van der Waals surface area contributed by atoms with Crippen molar-refractivity contribution in [3.05, 3.63) is 102 Å². The van der Waals surface area contributed by atoms with Gasteiger partial charge in [0.1, 0.15) is 6.33 Å². The Morgan fingerprint density at radius 1 is 1.03 bits per heavy atom. The van der Waals surface area contributed by atoms with Crippen molar-refractivity contribution in [2.75, 3.05) is 9.62 Å². The third-order valence-electron chi connectivity index (χ3n) is 5.75. The number of rotatable bonds is 6. The summed E-state index contributed by atoms with van der Waals surface area (Å²) < 4.78 is 30.0. The molecule has 1 aliphatic rings. The Morgan fingerprint density at radius 3 is 2.62 bits per heavy atom. The first-order valence-electron chi connectivity index (χ1n) is 10.9. The first kappa shape index (κ1) is 21.8. The van der Waals surface area contributed by atoms with Gasteiger partial charge in [0, 0.05) is 11.6 Å². The van der Waals surface area contributed by atoms with Gasteiger partial charge in [0.05, 0.1) is 17.1 Å². The molecule has 1 N–H and O–H groups in total. The van der Waals surface area contributed by atoms with Crippen molar-refractivity contribution in [3.63, 3.8) is 0 Å². The van der Waals surface area contributed by atoms with E-state index in [0.29, 0.717) is 18.7 Å².